The van der Waals surface area contributed by atoms with Crippen molar-refractivity contribution < 1.29 is 30.3 Å². The van der Waals surface area contributed by atoms with Crippen molar-refractivity contribution >= 4 is 10.8 Å². The molecular formula is C28H34IrNO2-. The molecular weight excluding hydrogens is 575 g/mol. The standard InChI is InChI=1S/C18H16N.C10H18O2.Ir/c1-13(2)15-8-9-16-12-19-18(11-17(16)10-15)14-6-4-3-5-7-14;1-6-5-7-3-2-4-8(11)9(7)10(6)12;/h3-6,8-13H,1-2H3;6-12H,2-5H2,1H3;/q-1;;. The van der Waals surface area contributed by atoms with Gasteiger partial charge < -0.3 is 15.2 Å². The maximum absolute atomic E-state index is 9.80. The largest absolute Gasteiger partial charge is 0.393 e. The summed E-state index contributed by atoms with van der Waals surface area (Å²) in [5, 5.41) is 21.9. The minimum Gasteiger partial charge on any atom is -0.393 e. The number of fused-ring (bicyclic) bond motifs is 2. The Morgan fingerprint density at radius 1 is 1.03 bits per heavy atom. The predicted molar refractivity (Wildman–Crippen MR) is 127 cm³/mol. The molecule has 2 saturated carbocycles. The van der Waals surface area contributed by atoms with Crippen molar-refractivity contribution in [3.05, 3.63) is 66.4 Å². The van der Waals surface area contributed by atoms with E-state index in [-0.39, 0.29) is 38.2 Å². The van der Waals surface area contributed by atoms with Crippen molar-refractivity contribution in [1.82, 2.24) is 4.98 Å². The van der Waals surface area contributed by atoms with Crippen molar-refractivity contribution in [3.63, 3.8) is 0 Å². The summed E-state index contributed by atoms with van der Waals surface area (Å²) >= 11 is 0. The van der Waals surface area contributed by atoms with Gasteiger partial charge in [0.15, 0.2) is 0 Å². The first-order valence-electron chi connectivity index (χ1n) is 11.7. The maximum Gasteiger partial charge on any atom is 0.0621 e. The molecule has 1 heterocycles. The van der Waals surface area contributed by atoms with Crippen molar-refractivity contribution in [3.8, 4) is 11.3 Å². The Balaban J connectivity index is 0.000000193. The fraction of sp³-hybridized carbons (Fsp3) is 0.464. The fourth-order valence-corrected chi connectivity index (χ4v) is 5.28. The van der Waals surface area contributed by atoms with Gasteiger partial charge in [0.2, 0.25) is 0 Å². The third kappa shape index (κ3) is 5.48. The molecule has 2 aliphatic carbocycles. The van der Waals surface area contributed by atoms with Crippen LogP contribution in [0.2, 0.25) is 0 Å². The zero-order chi connectivity index (χ0) is 22.0. The molecule has 32 heavy (non-hydrogen) atoms. The van der Waals surface area contributed by atoms with E-state index < -0.39 is 0 Å². The van der Waals surface area contributed by atoms with E-state index in [1.54, 1.807) is 0 Å². The molecule has 2 N–H and O–H groups in total. The summed E-state index contributed by atoms with van der Waals surface area (Å²) < 4.78 is 0. The van der Waals surface area contributed by atoms with E-state index in [9.17, 15) is 10.2 Å². The van der Waals surface area contributed by atoms with Crippen molar-refractivity contribution in [2.45, 2.75) is 64.6 Å². The first-order valence-corrected chi connectivity index (χ1v) is 11.7. The fourth-order valence-electron chi connectivity index (χ4n) is 5.28. The SMILES string of the molecule is CC(C)c1ccc2cnc(-c3[c-]cccc3)cc2c1.CC1CC2CCCC(O)C2C1O.[Ir]. The number of aliphatic hydroxyl groups excluding tert-OH is 2. The Bertz CT molecular complexity index is 1010. The number of rotatable bonds is 2. The van der Waals surface area contributed by atoms with Crippen LogP contribution in [0.15, 0.2) is 54.7 Å². The van der Waals surface area contributed by atoms with Crippen molar-refractivity contribution in [2.75, 3.05) is 0 Å². The number of benzene rings is 2. The van der Waals surface area contributed by atoms with Gasteiger partial charge in [-0.3, -0.25) is 0 Å². The smallest absolute Gasteiger partial charge is 0.0621 e. The molecule has 5 unspecified atom stereocenters. The van der Waals surface area contributed by atoms with Gasteiger partial charge in [-0.1, -0.05) is 51.5 Å². The average molecular weight is 609 g/mol. The first-order chi connectivity index (χ1) is 14.9. The predicted octanol–water partition coefficient (Wildman–Crippen LogP) is 5.99. The van der Waals surface area contributed by atoms with E-state index in [1.165, 1.54) is 22.8 Å². The van der Waals surface area contributed by atoms with E-state index in [2.05, 4.69) is 56.1 Å². The molecule has 1 aromatic heterocycles. The minimum absolute atomic E-state index is 0. The first kappa shape index (κ1) is 25.0. The van der Waals surface area contributed by atoms with Crippen LogP contribution in [-0.2, 0) is 20.1 Å². The topological polar surface area (TPSA) is 53.4 Å². The molecule has 0 aliphatic heterocycles. The monoisotopic (exact) mass is 609 g/mol. The van der Waals surface area contributed by atoms with Crippen LogP contribution in [0.5, 0.6) is 0 Å². The van der Waals surface area contributed by atoms with Crippen LogP contribution in [0.3, 0.4) is 0 Å². The Morgan fingerprint density at radius 3 is 2.53 bits per heavy atom. The maximum atomic E-state index is 9.80. The van der Waals surface area contributed by atoms with Gasteiger partial charge in [0.1, 0.15) is 0 Å². The van der Waals surface area contributed by atoms with E-state index in [0.717, 1.165) is 30.5 Å². The summed E-state index contributed by atoms with van der Waals surface area (Å²) in [6, 6.07) is 19.9. The zero-order valence-corrected chi connectivity index (χ0v) is 21.6. The Hall–Kier alpha value is -1.58. The molecule has 2 aromatic carbocycles. The van der Waals surface area contributed by atoms with Gasteiger partial charge in [-0.15, -0.1) is 35.9 Å². The second-order valence-corrected chi connectivity index (χ2v) is 9.65. The molecule has 1 radical (unpaired) electrons. The van der Waals surface area contributed by atoms with E-state index in [1.807, 2.05) is 30.5 Å². The van der Waals surface area contributed by atoms with Crippen LogP contribution in [0, 0.1) is 23.8 Å². The molecule has 0 amide bonds. The molecule has 173 valence electrons. The molecule has 5 rings (SSSR count). The van der Waals surface area contributed by atoms with Gasteiger partial charge in [0.05, 0.1) is 12.2 Å². The average Bonchev–Trinajstić information content (AvgIpc) is 3.08. The molecule has 0 bridgehead atoms. The number of hydrogen-bond acceptors (Lipinski definition) is 3. The molecule has 0 saturated heterocycles. The van der Waals surface area contributed by atoms with Gasteiger partial charge in [-0.2, -0.15) is 0 Å². The van der Waals surface area contributed by atoms with Crippen LogP contribution in [-0.4, -0.2) is 27.4 Å². The Labute approximate surface area is 205 Å². The molecule has 2 fully saturated rings. The third-order valence-corrected chi connectivity index (χ3v) is 7.11. The van der Waals surface area contributed by atoms with Gasteiger partial charge >= 0.3 is 0 Å². The van der Waals surface area contributed by atoms with Crippen LogP contribution >= 0.6 is 0 Å². The molecule has 3 aromatic rings. The zero-order valence-electron chi connectivity index (χ0n) is 19.2. The molecule has 5 atom stereocenters. The molecule has 2 aliphatic rings. The summed E-state index contributed by atoms with van der Waals surface area (Å²) in [6.45, 7) is 6.53. The van der Waals surface area contributed by atoms with Gasteiger partial charge in [0, 0.05) is 32.2 Å². The third-order valence-electron chi connectivity index (χ3n) is 7.11. The van der Waals surface area contributed by atoms with Crippen LogP contribution in [0.1, 0.15) is 57.9 Å². The molecule has 3 nitrogen and oxygen atoms in total. The number of nitrogens with zero attached hydrogens (tertiary/aromatic N) is 1. The Kier molecular flexibility index (Phi) is 8.63. The summed E-state index contributed by atoms with van der Waals surface area (Å²) in [4.78, 5) is 4.52. The summed E-state index contributed by atoms with van der Waals surface area (Å²) in [6.07, 6.45) is 5.82. The van der Waals surface area contributed by atoms with Crippen molar-refractivity contribution in [1.29, 1.82) is 0 Å². The van der Waals surface area contributed by atoms with Crippen molar-refractivity contribution in [2.24, 2.45) is 17.8 Å². The van der Waals surface area contributed by atoms with Crippen LogP contribution in [0.4, 0.5) is 0 Å². The van der Waals surface area contributed by atoms with Gasteiger partial charge in [0.25, 0.3) is 0 Å². The van der Waals surface area contributed by atoms with E-state index in [0.29, 0.717) is 17.8 Å². The van der Waals surface area contributed by atoms with Crippen LogP contribution < -0.4 is 0 Å². The second kappa shape index (κ2) is 11.0. The summed E-state index contributed by atoms with van der Waals surface area (Å²) in [5.74, 6) is 1.73. The molecule has 0 spiro atoms. The number of aromatic nitrogens is 1. The Morgan fingerprint density at radius 2 is 1.84 bits per heavy atom. The number of pyridine rings is 1. The summed E-state index contributed by atoms with van der Waals surface area (Å²) in [7, 11) is 0. The van der Waals surface area contributed by atoms with Crippen LogP contribution in [0.25, 0.3) is 22.0 Å². The quantitative estimate of drug-likeness (QED) is 0.352. The number of hydrogen-bond donors (Lipinski definition) is 2. The minimum atomic E-state index is -0.245. The van der Waals surface area contributed by atoms with E-state index >= 15 is 0 Å². The van der Waals surface area contributed by atoms with Gasteiger partial charge in [-0.25, -0.2) is 0 Å². The summed E-state index contributed by atoms with van der Waals surface area (Å²) in [5.41, 5.74) is 3.38. The molecule has 4 heteroatoms. The number of aliphatic hydroxyl groups is 2. The van der Waals surface area contributed by atoms with E-state index in [4.69, 9.17) is 0 Å². The van der Waals surface area contributed by atoms with Gasteiger partial charge in [-0.05, 0) is 59.0 Å². The second-order valence-electron chi connectivity index (χ2n) is 9.65. The normalized spacial score (nSPS) is 26.8.